The Morgan fingerprint density at radius 2 is 1.65 bits per heavy atom. The van der Waals surface area contributed by atoms with E-state index in [1.54, 1.807) is 50.2 Å². The number of imide groups is 1. The number of rotatable bonds is 1. The second kappa shape index (κ2) is 5.77. The molecule has 2 aliphatic heterocycles. The third-order valence-corrected chi connectivity index (χ3v) is 5.68. The summed E-state index contributed by atoms with van der Waals surface area (Å²) in [5, 5.41) is 0. The van der Waals surface area contributed by atoms with E-state index in [0.717, 1.165) is 14.9 Å². The largest absolute Gasteiger partial charge is 0.426 e. The minimum absolute atomic E-state index is 0.324. The standard InChI is InChI=1S/C20H16BrNO4/c1-20(2)16-13-5-3-4-6-14(13)26-18(24)15(16)17(23)22(19(20)25)12-9-7-11(21)8-10-12/h3-10,15-16H,1-2H3. The number of carbonyl (C=O) groups excluding carboxylic acids is 3. The van der Waals surface area contributed by atoms with E-state index in [9.17, 15) is 14.4 Å². The molecule has 6 heteroatoms. The average Bonchev–Trinajstić information content (AvgIpc) is 2.61. The molecule has 5 nitrogen and oxygen atoms in total. The Morgan fingerprint density at radius 3 is 2.35 bits per heavy atom. The van der Waals surface area contributed by atoms with Gasteiger partial charge in [0.1, 0.15) is 11.7 Å². The number of fused-ring (bicyclic) bond motifs is 3. The zero-order valence-electron chi connectivity index (χ0n) is 14.2. The maximum Gasteiger partial charge on any atom is 0.324 e. The van der Waals surface area contributed by atoms with Gasteiger partial charge in [0.05, 0.1) is 11.1 Å². The number of para-hydroxylation sites is 1. The Balaban J connectivity index is 1.87. The van der Waals surface area contributed by atoms with E-state index in [-0.39, 0.29) is 5.91 Å². The van der Waals surface area contributed by atoms with Crippen LogP contribution in [0, 0.1) is 11.3 Å². The predicted octanol–water partition coefficient (Wildman–Crippen LogP) is 3.67. The van der Waals surface area contributed by atoms with Gasteiger partial charge in [-0.1, -0.05) is 48.0 Å². The van der Waals surface area contributed by atoms with Gasteiger partial charge in [-0.15, -0.1) is 0 Å². The van der Waals surface area contributed by atoms with Gasteiger partial charge in [0.25, 0.3) is 0 Å². The van der Waals surface area contributed by atoms with Crippen molar-refractivity contribution in [3.63, 3.8) is 0 Å². The van der Waals surface area contributed by atoms with Gasteiger partial charge in [-0.05, 0) is 30.3 Å². The summed E-state index contributed by atoms with van der Waals surface area (Å²) in [7, 11) is 0. The van der Waals surface area contributed by atoms with Crippen molar-refractivity contribution in [1.29, 1.82) is 0 Å². The highest BCUT2D eigenvalue weighted by Gasteiger charge is 2.59. The average molecular weight is 414 g/mol. The normalized spacial score (nSPS) is 24.0. The molecule has 2 heterocycles. The van der Waals surface area contributed by atoms with Crippen LogP contribution in [0.2, 0.25) is 0 Å². The zero-order chi connectivity index (χ0) is 18.6. The number of esters is 1. The summed E-state index contributed by atoms with van der Waals surface area (Å²) in [6.45, 7) is 3.56. The van der Waals surface area contributed by atoms with E-state index in [1.807, 2.05) is 12.1 Å². The molecule has 4 rings (SSSR count). The van der Waals surface area contributed by atoms with E-state index in [2.05, 4.69) is 15.9 Å². The number of anilines is 1. The summed E-state index contributed by atoms with van der Waals surface area (Å²) in [6, 6.07) is 14.0. The smallest absolute Gasteiger partial charge is 0.324 e. The van der Waals surface area contributed by atoms with Crippen LogP contribution in [0.15, 0.2) is 53.0 Å². The number of nitrogens with zero attached hydrogens (tertiary/aromatic N) is 1. The van der Waals surface area contributed by atoms with Gasteiger partial charge in [0.15, 0.2) is 0 Å². The molecule has 0 bridgehead atoms. The molecule has 2 atom stereocenters. The van der Waals surface area contributed by atoms with Crippen LogP contribution >= 0.6 is 15.9 Å². The van der Waals surface area contributed by atoms with Crippen LogP contribution in [0.1, 0.15) is 25.3 Å². The molecule has 1 saturated heterocycles. The first kappa shape index (κ1) is 17.0. The van der Waals surface area contributed by atoms with Crippen molar-refractivity contribution in [2.24, 2.45) is 11.3 Å². The highest BCUT2D eigenvalue weighted by atomic mass is 79.9. The number of amides is 2. The topological polar surface area (TPSA) is 63.7 Å². The molecule has 0 radical (unpaired) electrons. The summed E-state index contributed by atoms with van der Waals surface area (Å²) in [5.74, 6) is -2.64. The SMILES string of the molecule is CC1(C)C(=O)N(c2ccc(Br)cc2)C(=O)C2C(=O)Oc3ccccc3C21. The third kappa shape index (κ3) is 2.32. The van der Waals surface area contributed by atoms with Gasteiger partial charge in [-0.2, -0.15) is 0 Å². The Labute approximate surface area is 159 Å². The number of carbonyl (C=O) groups is 3. The van der Waals surface area contributed by atoms with Crippen molar-refractivity contribution in [1.82, 2.24) is 0 Å². The van der Waals surface area contributed by atoms with E-state index in [1.165, 1.54) is 0 Å². The van der Waals surface area contributed by atoms with Gasteiger partial charge >= 0.3 is 5.97 Å². The minimum atomic E-state index is -1.04. The molecular weight excluding hydrogens is 398 g/mol. The maximum atomic E-state index is 13.3. The molecule has 0 spiro atoms. The summed E-state index contributed by atoms with van der Waals surface area (Å²) in [5.41, 5.74) is 0.224. The van der Waals surface area contributed by atoms with Crippen LogP contribution in [0.5, 0.6) is 5.75 Å². The van der Waals surface area contributed by atoms with Crippen molar-refractivity contribution in [3.05, 3.63) is 58.6 Å². The summed E-state index contributed by atoms with van der Waals surface area (Å²) in [6.07, 6.45) is 0. The van der Waals surface area contributed by atoms with Crippen LogP contribution in [-0.2, 0) is 14.4 Å². The van der Waals surface area contributed by atoms with Crippen LogP contribution in [0.4, 0.5) is 5.69 Å². The number of benzene rings is 2. The first-order chi connectivity index (χ1) is 12.3. The quantitative estimate of drug-likeness (QED) is 0.309. The lowest BCUT2D eigenvalue weighted by Gasteiger charge is -2.47. The van der Waals surface area contributed by atoms with Crippen molar-refractivity contribution in [3.8, 4) is 5.75 Å². The molecule has 2 aromatic rings. The van der Waals surface area contributed by atoms with E-state index >= 15 is 0 Å². The van der Waals surface area contributed by atoms with Crippen LogP contribution in [-0.4, -0.2) is 17.8 Å². The Hall–Kier alpha value is -2.47. The second-order valence-electron chi connectivity index (χ2n) is 7.09. The Bertz CT molecular complexity index is 935. The molecule has 132 valence electrons. The van der Waals surface area contributed by atoms with E-state index < -0.39 is 29.1 Å². The molecule has 2 aromatic carbocycles. The minimum Gasteiger partial charge on any atom is -0.426 e. The summed E-state index contributed by atoms with van der Waals surface area (Å²) >= 11 is 3.34. The Kier molecular flexibility index (Phi) is 3.77. The van der Waals surface area contributed by atoms with Gasteiger partial charge in [0, 0.05) is 16.0 Å². The zero-order valence-corrected chi connectivity index (χ0v) is 15.8. The summed E-state index contributed by atoms with van der Waals surface area (Å²) in [4.78, 5) is 40.2. The number of ether oxygens (including phenoxy) is 1. The van der Waals surface area contributed by atoms with Gasteiger partial charge < -0.3 is 4.74 Å². The lowest BCUT2D eigenvalue weighted by atomic mass is 9.63. The lowest BCUT2D eigenvalue weighted by molar-refractivity contribution is -0.154. The lowest BCUT2D eigenvalue weighted by Crippen LogP contribution is -2.61. The van der Waals surface area contributed by atoms with E-state index in [0.29, 0.717) is 11.4 Å². The van der Waals surface area contributed by atoms with Gasteiger partial charge in [0.2, 0.25) is 11.8 Å². The second-order valence-corrected chi connectivity index (χ2v) is 8.01. The fraction of sp³-hybridized carbons (Fsp3) is 0.250. The highest BCUT2D eigenvalue weighted by Crippen LogP contribution is 2.52. The Morgan fingerprint density at radius 1 is 1.00 bits per heavy atom. The number of piperidine rings is 1. The summed E-state index contributed by atoms with van der Waals surface area (Å²) < 4.78 is 6.23. The molecular formula is C20H16BrNO4. The van der Waals surface area contributed by atoms with Crippen LogP contribution in [0.25, 0.3) is 0 Å². The van der Waals surface area contributed by atoms with Crippen LogP contribution < -0.4 is 9.64 Å². The fourth-order valence-electron chi connectivity index (χ4n) is 3.86. The van der Waals surface area contributed by atoms with Gasteiger partial charge in [-0.3, -0.25) is 14.4 Å². The van der Waals surface area contributed by atoms with Crippen molar-refractivity contribution in [2.45, 2.75) is 19.8 Å². The predicted molar refractivity (Wildman–Crippen MR) is 98.7 cm³/mol. The molecule has 1 fully saturated rings. The first-order valence-electron chi connectivity index (χ1n) is 8.27. The third-order valence-electron chi connectivity index (χ3n) is 5.15. The monoisotopic (exact) mass is 413 g/mol. The molecule has 26 heavy (non-hydrogen) atoms. The molecule has 2 unspecified atom stereocenters. The van der Waals surface area contributed by atoms with E-state index in [4.69, 9.17) is 4.74 Å². The molecule has 0 aromatic heterocycles. The van der Waals surface area contributed by atoms with Crippen molar-refractivity contribution >= 4 is 39.4 Å². The molecule has 0 saturated carbocycles. The molecule has 0 N–H and O–H groups in total. The molecule has 2 aliphatic rings. The van der Waals surface area contributed by atoms with Gasteiger partial charge in [-0.25, -0.2) is 4.90 Å². The number of halogens is 1. The van der Waals surface area contributed by atoms with Crippen LogP contribution in [0.3, 0.4) is 0 Å². The maximum absolute atomic E-state index is 13.3. The molecule has 0 aliphatic carbocycles. The highest BCUT2D eigenvalue weighted by molar-refractivity contribution is 9.10. The first-order valence-corrected chi connectivity index (χ1v) is 9.06. The van der Waals surface area contributed by atoms with Crippen molar-refractivity contribution < 1.29 is 19.1 Å². The fourth-order valence-corrected chi connectivity index (χ4v) is 4.13. The number of hydrogen-bond acceptors (Lipinski definition) is 4. The molecule has 2 amide bonds. The number of hydrogen-bond donors (Lipinski definition) is 0. The van der Waals surface area contributed by atoms with Crippen molar-refractivity contribution in [2.75, 3.05) is 4.90 Å².